The zero-order chi connectivity index (χ0) is 14.2. The summed E-state index contributed by atoms with van der Waals surface area (Å²) in [4.78, 5) is 25.3. The Kier molecular flexibility index (Phi) is 3.89. The van der Waals surface area contributed by atoms with Crippen molar-refractivity contribution in [1.29, 1.82) is 0 Å². The van der Waals surface area contributed by atoms with E-state index >= 15 is 0 Å². The number of carbonyl (C=O) groups excluding carboxylic acids is 1. The van der Waals surface area contributed by atoms with Crippen LogP contribution in [0.2, 0.25) is 0 Å². The Morgan fingerprint density at radius 3 is 2.68 bits per heavy atom. The number of furan rings is 1. The number of carboxylic acid groups (broad SMARTS) is 1. The van der Waals surface area contributed by atoms with Gasteiger partial charge >= 0.3 is 5.97 Å². The number of amides is 1. The third-order valence-corrected chi connectivity index (χ3v) is 4.69. The third-order valence-electron chi connectivity index (χ3n) is 3.23. The molecule has 0 saturated carbocycles. The summed E-state index contributed by atoms with van der Waals surface area (Å²) in [5.74, 6) is 0.439. The van der Waals surface area contributed by atoms with E-state index in [4.69, 9.17) is 4.42 Å². The highest BCUT2D eigenvalue weighted by Gasteiger charge is 2.41. The highest BCUT2D eigenvalue weighted by atomic mass is 32.2. The second-order valence-corrected chi connectivity index (χ2v) is 5.80. The average molecular weight is 283 g/mol. The molecule has 1 saturated heterocycles. The molecule has 6 heteroatoms. The van der Waals surface area contributed by atoms with Gasteiger partial charge in [-0.2, -0.15) is 0 Å². The van der Waals surface area contributed by atoms with E-state index in [1.807, 2.05) is 6.92 Å². The first-order valence-corrected chi connectivity index (χ1v) is 7.24. The Hall–Kier alpha value is -1.43. The molecule has 2 rings (SSSR count). The van der Waals surface area contributed by atoms with Crippen molar-refractivity contribution in [2.75, 3.05) is 5.75 Å². The molecule has 0 aromatic carbocycles. The maximum Gasteiger partial charge on any atom is 0.327 e. The Bertz CT molecular complexity index is 511. The standard InChI is InChI=1S/C13H17NO4S/c1-4-11-14(10(6-19-11)13(16)17)12(15)9-5-7(2)18-8(9)3/h5,10-11H,4,6H2,1-3H3,(H,16,17). The molecule has 5 nitrogen and oxygen atoms in total. The Morgan fingerprint density at radius 2 is 2.21 bits per heavy atom. The lowest BCUT2D eigenvalue weighted by molar-refractivity contribution is -0.141. The topological polar surface area (TPSA) is 70.8 Å². The second kappa shape index (κ2) is 5.28. The summed E-state index contributed by atoms with van der Waals surface area (Å²) in [6, 6.07) is 0.920. The van der Waals surface area contributed by atoms with Crippen LogP contribution in [0.4, 0.5) is 0 Å². The van der Waals surface area contributed by atoms with Crippen LogP contribution in [0.3, 0.4) is 0 Å². The highest BCUT2D eigenvalue weighted by molar-refractivity contribution is 8.00. The molecule has 1 N–H and O–H groups in total. The van der Waals surface area contributed by atoms with Crippen LogP contribution in [0.15, 0.2) is 10.5 Å². The quantitative estimate of drug-likeness (QED) is 0.921. The van der Waals surface area contributed by atoms with Crippen LogP contribution in [0, 0.1) is 13.8 Å². The molecule has 0 radical (unpaired) electrons. The molecule has 1 amide bonds. The van der Waals surface area contributed by atoms with Gasteiger partial charge in [0.15, 0.2) is 0 Å². The lowest BCUT2D eigenvalue weighted by atomic mass is 10.1. The molecule has 0 aliphatic carbocycles. The number of aliphatic carboxylic acids is 1. The highest BCUT2D eigenvalue weighted by Crippen LogP contribution is 2.33. The fourth-order valence-electron chi connectivity index (χ4n) is 2.32. The second-order valence-electron chi connectivity index (χ2n) is 4.59. The van der Waals surface area contributed by atoms with E-state index in [2.05, 4.69) is 0 Å². The summed E-state index contributed by atoms with van der Waals surface area (Å²) in [6.07, 6.45) is 0.732. The van der Waals surface area contributed by atoms with Gasteiger partial charge in [-0.1, -0.05) is 6.92 Å². The molecule has 1 aromatic heterocycles. The number of hydrogen-bond donors (Lipinski definition) is 1. The summed E-state index contributed by atoms with van der Waals surface area (Å²) < 4.78 is 5.36. The lowest BCUT2D eigenvalue weighted by Crippen LogP contribution is -2.45. The number of rotatable bonds is 3. The first-order valence-electron chi connectivity index (χ1n) is 6.19. The number of carboxylic acids is 1. The zero-order valence-corrected chi connectivity index (χ0v) is 12.0. The fourth-order valence-corrected chi connectivity index (χ4v) is 3.67. The van der Waals surface area contributed by atoms with Crippen LogP contribution >= 0.6 is 11.8 Å². The molecule has 2 unspecified atom stereocenters. The minimum absolute atomic E-state index is 0.0804. The maximum atomic E-state index is 12.6. The van der Waals surface area contributed by atoms with Crippen LogP contribution in [0.25, 0.3) is 0 Å². The molecule has 2 atom stereocenters. The molecule has 104 valence electrons. The molecule has 1 aliphatic heterocycles. The summed E-state index contributed by atoms with van der Waals surface area (Å²) in [7, 11) is 0. The van der Waals surface area contributed by atoms with Crippen molar-refractivity contribution in [2.45, 2.75) is 38.6 Å². The van der Waals surface area contributed by atoms with E-state index in [1.165, 1.54) is 16.7 Å². The van der Waals surface area contributed by atoms with Gasteiger partial charge in [-0.05, 0) is 26.3 Å². The van der Waals surface area contributed by atoms with Crippen LogP contribution in [0.1, 0.15) is 35.2 Å². The smallest absolute Gasteiger partial charge is 0.327 e. The Morgan fingerprint density at radius 1 is 1.53 bits per heavy atom. The largest absolute Gasteiger partial charge is 0.480 e. The molecule has 0 bridgehead atoms. The monoisotopic (exact) mass is 283 g/mol. The molecule has 1 fully saturated rings. The van der Waals surface area contributed by atoms with Crippen molar-refractivity contribution >= 4 is 23.6 Å². The van der Waals surface area contributed by atoms with E-state index in [1.54, 1.807) is 19.9 Å². The van der Waals surface area contributed by atoms with Gasteiger partial charge in [-0.3, -0.25) is 4.79 Å². The zero-order valence-electron chi connectivity index (χ0n) is 11.2. The van der Waals surface area contributed by atoms with E-state index in [0.717, 1.165) is 6.42 Å². The SMILES string of the molecule is CCC1SCC(C(=O)O)N1C(=O)c1cc(C)oc1C. The predicted molar refractivity (Wildman–Crippen MR) is 72.3 cm³/mol. The van der Waals surface area contributed by atoms with Crippen LogP contribution in [0.5, 0.6) is 0 Å². The van der Waals surface area contributed by atoms with Crippen molar-refractivity contribution in [3.05, 3.63) is 23.2 Å². The maximum absolute atomic E-state index is 12.6. The number of nitrogens with zero attached hydrogens (tertiary/aromatic N) is 1. The van der Waals surface area contributed by atoms with Crippen molar-refractivity contribution in [1.82, 2.24) is 4.90 Å². The van der Waals surface area contributed by atoms with Gasteiger partial charge in [0.25, 0.3) is 5.91 Å². The number of carbonyl (C=O) groups is 2. The van der Waals surface area contributed by atoms with E-state index < -0.39 is 12.0 Å². The molecular formula is C13H17NO4S. The van der Waals surface area contributed by atoms with Crippen LogP contribution in [-0.2, 0) is 4.79 Å². The molecule has 2 heterocycles. The summed E-state index contributed by atoms with van der Waals surface area (Å²) >= 11 is 1.52. The fraction of sp³-hybridized carbons (Fsp3) is 0.538. The predicted octanol–water partition coefficient (Wildman–Crippen LogP) is 2.27. The normalized spacial score (nSPS) is 22.8. The number of aryl methyl sites for hydroxylation is 2. The Labute approximate surface area is 116 Å². The van der Waals surface area contributed by atoms with Crippen molar-refractivity contribution in [3.63, 3.8) is 0 Å². The molecule has 19 heavy (non-hydrogen) atoms. The van der Waals surface area contributed by atoms with Crippen LogP contribution < -0.4 is 0 Å². The van der Waals surface area contributed by atoms with Gasteiger partial charge in [0.1, 0.15) is 17.6 Å². The van der Waals surface area contributed by atoms with Crippen molar-refractivity contribution in [3.8, 4) is 0 Å². The molecular weight excluding hydrogens is 266 g/mol. The van der Waals surface area contributed by atoms with Crippen molar-refractivity contribution in [2.24, 2.45) is 0 Å². The van der Waals surface area contributed by atoms with Gasteiger partial charge in [-0.25, -0.2) is 4.79 Å². The summed E-state index contributed by atoms with van der Waals surface area (Å²) in [5.41, 5.74) is 0.463. The Balaban J connectivity index is 2.33. The van der Waals surface area contributed by atoms with E-state index in [0.29, 0.717) is 22.8 Å². The lowest BCUT2D eigenvalue weighted by Gasteiger charge is -2.26. The minimum atomic E-state index is -0.949. The molecule has 1 aromatic rings. The van der Waals surface area contributed by atoms with Crippen molar-refractivity contribution < 1.29 is 19.1 Å². The van der Waals surface area contributed by atoms with Gasteiger partial charge in [0.2, 0.25) is 0 Å². The molecule has 1 aliphatic rings. The summed E-state index contributed by atoms with van der Waals surface area (Å²) in [6.45, 7) is 5.45. The van der Waals surface area contributed by atoms with Gasteiger partial charge in [0, 0.05) is 5.75 Å². The average Bonchev–Trinajstić information content (AvgIpc) is 2.91. The summed E-state index contributed by atoms with van der Waals surface area (Å²) in [5, 5.41) is 9.16. The van der Waals surface area contributed by atoms with E-state index in [9.17, 15) is 14.7 Å². The first-order chi connectivity index (χ1) is 8.95. The molecule has 0 spiro atoms. The first kappa shape index (κ1) is 14.0. The minimum Gasteiger partial charge on any atom is -0.480 e. The number of hydrogen-bond acceptors (Lipinski definition) is 4. The number of thioether (sulfide) groups is 1. The third kappa shape index (κ3) is 2.49. The van der Waals surface area contributed by atoms with Gasteiger partial charge in [-0.15, -0.1) is 11.8 Å². The van der Waals surface area contributed by atoms with Gasteiger partial charge < -0.3 is 14.4 Å². The van der Waals surface area contributed by atoms with Crippen LogP contribution in [-0.4, -0.2) is 39.1 Å². The van der Waals surface area contributed by atoms with Gasteiger partial charge in [0.05, 0.1) is 10.9 Å². The van der Waals surface area contributed by atoms with E-state index in [-0.39, 0.29) is 11.3 Å².